The molecule has 0 radical (unpaired) electrons. The number of hydrogen-bond donors (Lipinski definition) is 1. The zero-order chi connectivity index (χ0) is 13.1. The van der Waals surface area contributed by atoms with Crippen molar-refractivity contribution in [2.24, 2.45) is 0 Å². The van der Waals surface area contributed by atoms with E-state index in [1.807, 2.05) is 12.1 Å². The maximum Gasteiger partial charge on any atom is 0.165 e. The molecule has 18 heavy (non-hydrogen) atoms. The molecule has 1 aromatic heterocycles. The van der Waals surface area contributed by atoms with Crippen molar-refractivity contribution in [1.82, 2.24) is 9.97 Å². The number of hydrogen-bond acceptors (Lipinski definition) is 5. The fourth-order valence-corrected chi connectivity index (χ4v) is 1.75. The smallest absolute Gasteiger partial charge is 0.165 e. The fourth-order valence-electron chi connectivity index (χ4n) is 1.49. The lowest BCUT2D eigenvalue weighted by atomic mass is 10.1. The molecule has 0 unspecified atom stereocenters. The summed E-state index contributed by atoms with van der Waals surface area (Å²) in [7, 11) is 3.20. The van der Waals surface area contributed by atoms with Gasteiger partial charge >= 0.3 is 0 Å². The van der Waals surface area contributed by atoms with Crippen LogP contribution in [0.15, 0.2) is 24.4 Å². The molecule has 0 atom stereocenters. The molecule has 0 aliphatic heterocycles. The first-order chi connectivity index (χ1) is 8.65. The van der Waals surface area contributed by atoms with E-state index in [1.54, 1.807) is 26.5 Å². The first-order valence-corrected chi connectivity index (χ1v) is 6.24. The van der Waals surface area contributed by atoms with Crippen molar-refractivity contribution in [3.05, 3.63) is 28.0 Å². The summed E-state index contributed by atoms with van der Waals surface area (Å²) in [6.07, 6.45) is 1.68. The predicted octanol–water partition coefficient (Wildman–Crippen LogP) is 2.35. The summed E-state index contributed by atoms with van der Waals surface area (Å²) in [4.78, 5) is 8.50. The van der Waals surface area contributed by atoms with Crippen LogP contribution in [0.2, 0.25) is 0 Å². The van der Waals surface area contributed by atoms with E-state index in [0.717, 1.165) is 9.13 Å². The number of nitrogen functional groups attached to an aromatic ring is 1. The van der Waals surface area contributed by atoms with Crippen LogP contribution >= 0.6 is 22.6 Å². The quantitative estimate of drug-likeness (QED) is 0.854. The highest BCUT2D eigenvalue weighted by Gasteiger charge is 2.11. The molecular weight excluding hydrogens is 345 g/mol. The van der Waals surface area contributed by atoms with Crippen LogP contribution in [-0.2, 0) is 0 Å². The van der Waals surface area contributed by atoms with Gasteiger partial charge in [0, 0.05) is 12.3 Å². The second-order valence-electron chi connectivity index (χ2n) is 3.49. The van der Waals surface area contributed by atoms with Gasteiger partial charge in [-0.15, -0.1) is 0 Å². The summed E-state index contributed by atoms with van der Waals surface area (Å²) in [5.74, 6) is 2.36. The molecule has 0 spiro atoms. The maximum atomic E-state index is 5.78. The van der Waals surface area contributed by atoms with Gasteiger partial charge < -0.3 is 15.2 Å². The largest absolute Gasteiger partial charge is 0.497 e. The van der Waals surface area contributed by atoms with E-state index in [2.05, 4.69) is 32.6 Å². The van der Waals surface area contributed by atoms with E-state index < -0.39 is 0 Å². The number of methoxy groups -OCH3 is 2. The molecule has 1 heterocycles. The molecule has 0 saturated carbocycles. The summed E-state index contributed by atoms with van der Waals surface area (Å²) in [6.45, 7) is 0. The molecule has 0 aliphatic carbocycles. The number of anilines is 1. The summed E-state index contributed by atoms with van der Waals surface area (Å²) in [5.41, 5.74) is 6.56. The average Bonchev–Trinajstić information content (AvgIpc) is 2.41. The normalized spacial score (nSPS) is 10.2. The fraction of sp³-hybridized carbons (Fsp3) is 0.167. The Morgan fingerprint density at radius 1 is 1.22 bits per heavy atom. The zero-order valence-electron chi connectivity index (χ0n) is 9.98. The van der Waals surface area contributed by atoms with Gasteiger partial charge in [0.15, 0.2) is 5.82 Å². The molecule has 0 amide bonds. The van der Waals surface area contributed by atoms with Gasteiger partial charge in [0.05, 0.1) is 23.4 Å². The van der Waals surface area contributed by atoms with Crippen molar-refractivity contribution in [2.75, 3.05) is 20.0 Å². The van der Waals surface area contributed by atoms with Gasteiger partial charge in [-0.2, -0.15) is 0 Å². The lowest BCUT2D eigenvalue weighted by Gasteiger charge is -2.09. The van der Waals surface area contributed by atoms with Gasteiger partial charge in [-0.3, -0.25) is 0 Å². The number of benzene rings is 1. The highest BCUT2D eigenvalue weighted by Crippen LogP contribution is 2.31. The molecule has 5 nitrogen and oxygen atoms in total. The average molecular weight is 357 g/mol. The molecule has 2 rings (SSSR count). The van der Waals surface area contributed by atoms with Crippen molar-refractivity contribution in [3.63, 3.8) is 0 Å². The van der Waals surface area contributed by atoms with Gasteiger partial charge in [-0.05, 0) is 34.7 Å². The molecule has 0 saturated heterocycles. The Morgan fingerprint density at radius 2 is 2.00 bits per heavy atom. The van der Waals surface area contributed by atoms with E-state index in [1.165, 1.54) is 0 Å². The minimum Gasteiger partial charge on any atom is -0.497 e. The topological polar surface area (TPSA) is 70.3 Å². The Morgan fingerprint density at radius 3 is 2.61 bits per heavy atom. The van der Waals surface area contributed by atoms with Crippen LogP contribution in [0.5, 0.6) is 11.5 Å². The minimum atomic E-state index is 0.457. The first-order valence-electron chi connectivity index (χ1n) is 5.16. The number of nitrogens with two attached hydrogens (primary N) is 1. The monoisotopic (exact) mass is 357 g/mol. The van der Waals surface area contributed by atoms with E-state index in [4.69, 9.17) is 15.2 Å². The number of nitrogens with zero attached hydrogens (tertiary/aromatic N) is 2. The lowest BCUT2D eigenvalue weighted by Crippen LogP contribution is -1.99. The predicted molar refractivity (Wildman–Crippen MR) is 77.7 cm³/mol. The molecule has 1 aromatic carbocycles. The highest BCUT2D eigenvalue weighted by molar-refractivity contribution is 14.1. The van der Waals surface area contributed by atoms with Crippen molar-refractivity contribution in [3.8, 4) is 22.9 Å². The molecule has 0 aliphatic rings. The van der Waals surface area contributed by atoms with Crippen LogP contribution in [0.3, 0.4) is 0 Å². The molecule has 2 N–H and O–H groups in total. The van der Waals surface area contributed by atoms with Gasteiger partial charge in [0.1, 0.15) is 17.3 Å². The third kappa shape index (κ3) is 2.47. The molecular formula is C12H12IN3O2. The summed E-state index contributed by atoms with van der Waals surface area (Å²) in [6, 6.07) is 5.46. The van der Waals surface area contributed by atoms with Gasteiger partial charge in [0.2, 0.25) is 0 Å². The minimum absolute atomic E-state index is 0.457. The van der Waals surface area contributed by atoms with Crippen LogP contribution in [0.25, 0.3) is 11.4 Å². The second kappa shape index (κ2) is 5.38. The van der Waals surface area contributed by atoms with Crippen LogP contribution < -0.4 is 15.2 Å². The Bertz CT molecular complexity index is 575. The van der Waals surface area contributed by atoms with Crippen LogP contribution in [0, 0.1) is 3.57 Å². The number of halogens is 1. The number of aromatic nitrogens is 2. The summed E-state index contributed by atoms with van der Waals surface area (Å²) >= 11 is 2.09. The maximum absolute atomic E-state index is 5.78. The van der Waals surface area contributed by atoms with E-state index in [0.29, 0.717) is 23.1 Å². The first kappa shape index (κ1) is 12.9. The molecule has 0 fully saturated rings. The molecule has 0 bridgehead atoms. The van der Waals surface area contributed by atoms with Gasteiger partial charge in [-0.25, -0.2) is 9.97 Å². The third-order valence-corrected chi connectivity index (χ3v) is 3.25. The molecule has 6 heteroatoms. The van der Waals surface area contributed by atoms with Gasteiger partial charge in [-0.1, -0.05) is 0 Å². The summed E-state index contributed by atoms with van der Waals surface area (Å²) < 4.78 is 11.3. The zero-order valence-corrected chi connectivity index (χ0v) is 12.1. The van der Waals surface area contributed by atoms with Crippen molar-refractivity contribution < 1.29 is 9.47 Å². The Labute approximate surface area is 118 Å². The van der Waals surface area contributed by atoms with Crippen LogP contribution in [-0.4, -0.2) is 24.2 Å². The standard InChI is InChI=1S/C12H12IN3O2/c1-17-7-3-4-8(10(5-7)18-2)12-15-6-9(13)11(14)16-12/h3-6H,1-2H3,(H2,14,15,16). The third-order valence-electron chi connectivity index (χ3n) is 2.42. The van der Waals surface area contributed by atoms with E-state index >= 15 is 0 Å². The number of ether oxygens (including phenoxy) is 2. The van der Waals surface area contributed by atoms with Crippen molar-refractivity contribution in [1.29, 1.82) is 0 Å². The van der Waals surface area contributed by atoms with Gasteiger partial charge in [0.25, 0.3) is 0 Å². The number of rotatable bonds is 3. The van der Waals surface area contributed by atoms with Crippen LogP contribution in [0.4, 0.5) is 5.82 Å². The summed E-state index contributed by atoms with van der Waals surface area (Å²) in [5, 5.41) is 0. The Hall–Kier alpha value is -1.57. The molecule has 2 aromatic rings. The SMILES string of the molecule is COc1ccc(-c2ncc(I)c(N)n2)c(OC)c1. The van der Waals surface area contributed by atoms with E-state index in [9.17, 15) is 0 Å². The Kier molecular flexibility index (Phi) is 3.85. The molecule has 94 valence electrons. The van der Waals surface area contributed by atoms with Crippen LogP contribution in [0.1, 0.15) is 0 Å². The van der Waals surface area contributed by atoms with Crippen molar-refractivity contribution >= 4 is 28.4 Å². The lowest BCUT2D eigenvalue weighted by molar-refractivity contribution is 0.395. The second-order valence-corrected chi connectivity index (χ2v) is 4.66. The highest BCUT2D eigenvalue weighted by atomic mass is 127. The van der Waals surface area contributed by atoms with Crippen molar-refractivity contribution in [2.45, 2.75) is 0 Å². The van der Waals surface area contributed by atoms with E-state index in [-0.39, 0.29) is 0 Å². The Balaban J connectivity index is 2.52.